The Morgan fingerprint density at radius 2 is 1.90 bits per heavy atom. The molecular formula is C14H27ClN2O4. The van der Waals surface area contributed by atoms with Gasteiger partial charge >= 0.3 is 5.97 Å². The number of hydrogen-bond acceptors (Lipinski definition) is 5. The van der Waals surface area contributed by atoms with Gasteiger partial charge in [0.15, 0.2) is 0 Å². The zero-order chi connectivity index (χ0) is 15.4. The molecule has 3 N–H and O–H groups in total. The molecule has 124 valence electrons. The van der Waals surface area contributed by atoms with Crippen LogP contribution in [0.25, 0.3) is 0 Å². The van der Waals surface area contributed by atoms with Crippen LogP contribution in [-0.4, -0.2) is 43.3 Å². The van der Waals surface area contributed by atoms with Crippen molar-refractivity contribution in [3.8, 4) is 0 Å². The van der Waals surface area contributed by atoms with Crippen LogP contribution in [0.2, 0.25) is 0 Å². The lowest BCUT2D eigenvalue weighted by molar-refractivity contribution is -0.170. The number of hydrogen-bond donors (Lipinski definition) is 2. The lowest BCUT2D eigenvalue weighted by Crippen LogP contribution is -2.75. The number of ether oxygens (including phenoxy) is 2. The van der Waals surface area contributed by atoms with Gasteiger partial charge in [0, 0.05) is 25.0 Å². The Morgan fingerprint density at radius 1 is 1.29 bits per heavy atom. The summed E-state index contributed by atoms with van der Waals surface area (Å²) in [6.45, 7) is 8.73. The fourth-order valence-corrected chi connectivity index (χ4v) is 2.49. The minimum absolute atomic E-state index is 0. The molecule has 0 bridgehead atoms. The fourth-order valence-electron chi connectivity index (χ4n) is 2.49. The number of carbonyl (C=O) groups excluding carboxylic acids is 2. The van der Waals surface area contributed by atoms with E-state index in [9.17, 15) is 9.59 Å². The van der Waals surface area contributed by atoms with Crippen LogP contribution in [0.5, 0.6) is 0 Å². The number of rotatable bonds is 7. The largest absolute Gasteiger partial charge is 0.466 e. The molecule has 1 aliphatic carbocycles. The van der Waals surface area contributed by atoms with Crippen LogP contribution in [0, 0.1) is 5.41 Å². The normalized spacial score (nSPS) is 26.2. The summed E-state index contributed by atoms with van der Waals surface area (Å²) in [5.41, 5.74) is 4.85. The van der Waals surface area contributed by atoms with Gasteiger partial charge in [0.25, 0.3) is 0 Å². The molecule has 0 aromatic heterocycles. The van der Waals surface area contributed by atoms with Crippen molar-refractivity contribution in [3.63, 3.8) is 0 Å². The first kappa shape index (κ1) is 20.1. The average Bonchev–Trinajstić information content (AvgIpc) is 2.38. The standard InChI is InChI=1S/C14H26N2O4.ClH/c1-5-19-10-9-14(15,13(10,3)4)12(18)16-8-7-11(17)20-6-2;/h10H,5-9,15H2,1-4H3,(H,16,18);1H. The summed E-state index contributed by atoms with van der Waals surface area (Å²) in [7, 11) is 0. The number of nitrogens with two attached hydrogens (primary N) is 1. The molecule has 21 heavy (non-hydrogen) atoms. The van der Waals surface area contributed by atoms with Crippen molar-refractivity contribution in [2.24, 2.45) is 11.1 Å². The highest BCUT2D eigenvalue weighted by molar-refractivity contribution is 5.89. The minimum Gasteiger partial charge on any atom is -0.466 e. The van der Waals surface area contributed by atoms with E-state index in [1.165, 1.54) is 0 Å². The maximum Gasteiger partial charge on any atom is 0.307 e. The van der Waals surface area contributed by atoms with Gasteiger partial charge in [-0.15, -0.1) is 12.4 Å². The van der Waals surface area contributed by atoms with Crippen molar-refractivity contribution in [1.82, 2.24) is 5.32 Å². The molecule has 1 saturated carbocycles. The van der Waals surface area contributed by atoms with Crippen molar-refractivity contribution in [3.05, 3.63) is 0 Å². The Bertz CT molecular complexity index is 376. The molecule has 2 unspecified atom stereocenters. The van der Waals surface area contributed by atoms with Gasteiger partial charge in [-0.1, -0.05) is 13.8 Å². The number of carbonyl (C=O) groups is 2. The number of nitrogens with one attached hydrogen (secondary N) is 1. The molecule has 0 heterocycles. The third-order valence-corrected chi connectivity index (χ3v) is 4.16. The van der Waals surface area contributed by atoms with Crippen LogP contribution in [0.4, 0.5) is 0 Å². The fraction of sp³-hybridized carbons (Fsp3) is 0.857. The maximum atomic E-state index is 12.2. The molecule has 0 aromatic carbocycles. The summed E-state index contributed by atoms with van der Waals surface area (Å²) >= 11 is 0. The first-order valence-corrected chi connectivity index (χ1v) is 7.14. The third-order valence-electron chi connectivity index (χ3n) is 4.16. The van der Waals surface area contributed by atoms with E-state index >= 15 is 0 Å². The Labute approximate surface area is 132 Å². The van der Waals surface area contributed by atoms with E-state index in [1.807, 2.05) is 20.8 Å². The summed E-state index contributed by atoms with van der Waals surface area (Å²) in [6, 6.07) is 0. The van der Waals surface area contributed by atoms with E-state index < -0.39 is 11.0 Å². The maximum absolute atomic E-state index is 12.2. The zero-order valence-corrected chi connectivity index (χ0v) is 14.0. The highest BCUT2D eigenvalue weighted by Gasteiger charge is 2.62. The van der Waals surface area contributed by atoms with Crippen molar-refractivity contribution < 1.29 is 19.1 Å². The molecule has 0 aliphatic heterocycles. The summed E-state index contributed by atoms with van der Waals surface area (Å²) in [5.74, 6) is -0.554. The number of amides is 1. The van der Waals surface area contributed by atoms with Crippen LogP contribution in [0.1, 0.15) is 40.5 Å². The van der Waals surface area contributed by atoms with Crippen LogP contribution in [0.3, 0.4) is 0 Å². The molecule has 7 heteroatoms. The quantitative estimate of drug-likeness (QED) is 0.683. The summed E-state index contributed by atoms with van der Waals surface area (Å²) in [5, 5.41) is 2.71. The summed E-state index contributed by atoms with van der Waals surface area (Å²) in [4.78, 5) is 23.4. The van der Waals surface area contributed by atoms with Gasteiger partial charge in [-0.05, 0) is 13.8 Å². The van der Waals surface area contributed by atoms with Crippen LogP contribution in [0.15, 0.2) is 0 Å². The molecule has 0 spiro atoms. The van der Waals surface area contributed by atoms with Gasteiger partial charge in [-0.3, -0.25) is 9.59 Å². The molecule has 2 atom stereocenters. The number of esters is 1. The monoisotopic (exact) mass is 322 g/mol. The second kappa shape index (κ2) is 7.96. The average molecular weight is 323 g/mol. The predicted octanol–water partition coefficient (Wildman–Crippen LogP) is 1.01. The molecule has 6 nitrogen and oxygen atoms in total. The van der Waals surface area contributed by atoms with E-state index in [2.05, 4.69) is 5.32 Å². The highest BCUT2D eigenvalue weighted by Crippen LogP contribution is 2.49. The molecule has 1 aliphatic rings. The second-order valence-corrected chi connectivity index (χ2v) is 5.65. The molecule has 1 fully saturated rings. The first-order valence-electron chi connectivity index (χ1n) is 7.14. The second-order valence-electron chi connectivity index (χ2n) is 5.65. The predicted molar refractivity (Wildman–Crippen MR) is 82.2 cm³/mol. The van der Waals surface area contributed by atoms with Crippen LogP contribution < -0.4 is 11.1 Å². The summed E-state index contributed by atoms with van der Waals surface area (Å²) in [6.07, 6.45) is 0.651. The van der Waals surface area contributed by atoms with Crippen molar-refractivity contribution in [1.29, 1.82) is 0 Å². The third kappa shape index (κ3) is 4.08. The lowest BCUT2D eigenvalue weighted by atomic mass is 9.54. The molecule has 0 saturated heterocycles. The van der Waals surface area contributed by atoms with Gasteiger partial charge in [0.1, 0.15) is 5.54 Å². The van der Waals surface area contributed by atoms with Gasteiger partial charge < -0.3 is 20.5 Å². The molecular weight excluding hydrogens is 296 g/mol. The van der Waals surface area contributed by atoms with Crippen LogP contribution >= 0.6 is 12.4 Å². The number of halogens is 1. The highest BCUT2D eigenvalue weighted by atomic mass is 35.5. The van der Waals surface area contributed by atoms with Crippen molar-refractivity contribution in [2.45, 2.75) is 52.2 Å². The topological polar surface area (TPSA) is 90.7 Å². The van der Waals surface area contributed by atoms with Crippen LogP contribution in [-0.2, 0) is 19.1 Å². The van der Waals surface area contributed by atoms with E-state index in [-0.39, 0.29) is 43.4 Å². The minimum atomic E-state index is -0.943. The smallest absolute Gasteiger partial charge is 0.307 e. The molecule has 1 amide bonds. The van der Waals surface area contributed by atoms with Gasteiger partial charge in [-0.25, -0.2) is 0 Å². The first-order chi connectivity index (χ1) is 9.29. The SMILES string of the molecule is CCOC(=O)CCNC(=O)C1(N)CC(OCC)C1(C)C.Cl. The molecule has 1 rings (SSSR count). The van der Waals surface area contributed by atoms with E-state index in [4.69, 9.17) is 15.2 Å². The Morgan fingerprint density at radius 3 is 2.38 bits per heavy atom. The van der Waals surface area contributed by atoms with E-state index in [1.54, 1.807) is 6.92 Å². The van der Waals surface area contributed by atoms with Gasteiger partial charge in [-0.2, -0.15) is 0 Å². The Hall–Kier alpha value is -0.850. The van der Waals surface area contributed by atoms with Gasteiger partial charge in [0.05, 0.1) is 19.1 Å². The van der Waals surface area contributed by atoms with Crippen molar-refractivity contribution >= 4 is 24.3 Å². The molecule has 0 radical (unpaired) electrons. The summed E-state index contributed by atoms with van der Waals surface area (Å²) < 4.78 is 10.4. The van der Waals surface area contributed by atoms with Crippen molar-refractivity contribution in [2.75, 3.05) is 19.8 Å². The zero-order valence-electron chi connectivity index (χ0n) is 13.2. The van der Waals surface area contributed by atoms with Gasteiger partial charge in [0.2, 0.25) is 5.91 Å². The van der Waals surface area contributed by atoms with E-state index in [0.717, 1.165) is 0 Å². The lowest BCUT2D eigenvalue weighted by Gasteiger charge is -2.57. The molecule has 0 aromatic rings. The van der Waals surface area contributed by atoms with E-state index in [0.29, 0.717) is 19.6 Å². The Balaban J connectivity index is 0.00000400. The Kier molecular flexibility index (Phi) is 7.64.